The molecule has 24 aliphatic rings. The summed E-state index contributed by atoms with van der Waals surface area (Å²) in [6.45, 7) is 23.0. The second-order valence-electron chi connectivity index (χ2n) is 47.2. The molecule has 15 saturated carbocycles. The molecule has 0 aromatic heterocycles. The summed E-state index contributed by atoms with van der Waals surface area (Å²) < 4.78 is 59.8. The molecule has 0 radical (unpaired) electrons. The SMILES string of the molecule is CC[C@]12CCC(=O)C=C1CC[C@@H]1[C@@H]2CC[C@]2(C)C(OC)CC[C@@H]12.CC[C@]12CCC3(CC1=CC[C@@H]1[C@@H]2CC[C@]2(C)C(OC)CC[C@@H]12)OCCO3.C[C@]12CC[C@H]3[C@@H](CC=C4CC5(CC[C@@]43CO)OCCO5)[C@@H]1CCC2=O.C[C@]12CC[C@H]3[C@@H](CC=C4CC5(CC[C@@]43CO)OCCO5)[C@@H]1CCC2=O.C[C@]12CC[C@H]3[C@@H](CC=C4CC5(CC[C@@]43CO)OCCO5)[C@@H]1CC[C@@H]2O. The minimum absolute atomic E-state index is 0.0711. The standard InChI is InChI=1S/C23H36O3.C21H32O4.2C21H30O4.C21H32O2/c1-4-22-11-12-23(25-13-14-26-23)15-16(22)5-6-17-18-7-8-20(24-3)21(18,2)10-9-19(17)22;3*1-19-7-6-17-15(16(19)4-5-18(19)23)3-2-14-12-21(24-10-11-25-21)9-8-20(14,17)13-22;1-4-21-12-9-15(22)13-14(21)5-6-16-17-7-8-19(23-3)20(17,2)11-10-18(16)21/h5,17-20H,4,6-15H2,1-3H3;2,15-18,22-23H,3-13H2,1H3;2*2,15-17,22H,3-13H2,1H3;13,16-19H,4-12H2,1-3H3/t17-,18-,19-,20?,21-,22-;15-,16-,17-,18-,19-,20+;2*15-,16-,17-,19-,20+;16-,17-,18-,19?,20-,21-/m00000/s1. The van der Waals surface area contributed by atoms with Crippen molar-refractivity contribution < 1.29 is 82.2 Å². The minimum atomic E-state index is -0.427. The van der Waals surface area contributed by atoms with Crippen LogP contribution in [-0.2, 0) is 61.8 Å². The molecule has 4 heterocycles. The maximum absolute atomic E-state index is 12.5. The van der Waals surface area contributed by atoms with E-state index in [9.17, 15) is 34.8 Å². The topological polar surface area (TPSA) is 224 Å². The molecule has 28 atom stereocenters. The Kier molecular flexibility index (Phi) is 23.7. The molecule has 17 nitrogen and oxygen atoms in total. The van der Waals surface area contributed by atoms with E-state index in [-0.39, 0.29) is 64.2 Å². The fraction of sp³-hybridized carbons (Fsp3) is 0.879. The lowest BCUT2D eigenvalue weighted by Crippen LogP contribution is -2.55. The van der Waals surface area contributed by atoms with E-state index in [0.717, 1.165) is 229 Å². The second kappa shape index (κ2) is 33.1. The van der Waals surface area contributed by atoms with E-state index in [1.54, 1.807) is 5.57 Å². The summed E-state index contributed by atoms with van der Waals surface area (Å²) in [5.41, 5.74) is 8.53. The summed E-state index contributed by atoms with van der Waals surface area (Å²) in [6.07, 6.45) is 58.2. The van der Waals surface area contributed by atoms with Gasteiger partial charge in [0.15, 0.2) is 28.9 Å². The number of hydrogen-bond donors (Lipinski definition) is 4. The van der Waals surface area contributed by atoms with Crippen LogP contribution in [0.2, 0.25) is 0 Å². The van der Waals surface area contributed by atoms with E-state index < -0.39 is 17.4 Å². The van der Waals surface area contributed by atoms with Crippen LogP contribution in [0.5, 0.6) is 0 Å². The molecular formula is C107H160O17. The molecule has 124 heavy (non-hydrogen) atoms. The fourth-order valence-corrected chi connectivity index (χ4v) is 37.4. The number of ketones is 3. The number of aliphatic hydroxyl groups excluding tert-OH is 4. The molecule has 4 aliphatic heterocycles. The lowest BCUT2D eigenvalue weighted by Gasteiger charge is -2.59. The molecule has 17 heteroatoms. The third-order valence-electron chi connectivity index (χ3n) is 44.2. The predicted octanol–water partition coefficient (Wildman–Crippen LogP) is 19.5. The van der Waals surface area contributed by atoms with Gasteiger partial charge in [-0.05, 0) is 321 Å². The highest BCUT2D eigenvalue weighted by Gasteiger charge is 2.69. The first-order chi connectivity index (χ1) is 59.7. The number of hydrogen-bond acceptors (Lipinski definition) is 17. The Balaban J connectivity index is 0.0000000982. The maximum atomic E-state index is 12.5. The van der Waals surface area contributed by atoms with E-state index in [1.165, 1.54) is 112 Å². The summed E-state index contributed by atoms with van der Waals surface area (Å²) in [6, 6.07) is 0. The molecule has 4 N–H and O–H groups in total. The van der Waals surface area contributed by atoms with Crippen molar-refractivity contribution in [1.29, 1.82) is 0 Å². The van der Waals surface area contributed by atoms with E-state index in [0.29, 0.717) is 144 Å². The third kappa shape index (κ3) is 13.6. The van der Waals surface area contributed by atoms with Crippen molar-refractivity contribution in [2.45, 2.75) is 360 Å². The van der Waals surface area contributed by atoms with Gasteiger partial charge in [0, 0.05) is 112 Å². The van der Waals surface area contributed by atoms with Crippen molar-refractivity contribution in [3.05, 3.63) is 58.2 Å². The van der Waals surface area contributed by atoms with E-state index in [4.69, 9.17) is 47.4 Å². The average molecular weight is 1720 g/mol. The lowest BCUT2D eigenvalue weighted by molar-refractivity contribution is -0.191. The van der Waals surface area contributed by atoms with Crippen LogP contribution in [0.4, 0.5) is 0 Å². The van der Waals surface area contributed by atoms with Crippen LogP contribution in [0.25, 0.3) is 0 Å². The summed E-state index contributed by atoms with van der Waals surface area (Å²) in [4.78, 5) is 37.0. The molecule has 2 unspecified atom stereocenters. The highest BCUT2D eigenvalue weighted by Crippen LogP contribution is 2.73. The normalized spacial score (nSPS) is 49.1. The van der Waals surface area contributed by atoms with Gasteiger partial charge in [0.1, 0.15) is 11.6 Å². The highest BCUT2D eigenvalue weighted by atomic mass is 16.8. The lowest BCUT2D eigenvalue weighted by atomic mass is 9.46. The van der Waals surface area contributed by atoms with Gasteiger partial charge in [-0.1, -0.05) is 101 Å². The van der Waals surface area contributed by atoms with Crippen LogP contribution in [0.1, 0.15) is 318 Å². The van der Waals surface area contributed by atoms with E-state index in [1.807, 2.05) is 20.3 Å². The molecule has 0 aromatic rings. The average Bonchev–Trinajstić information content (AvgIpc) is 1.68. The molecule has 0 bridgehead atoms. The van der Waals surface area contributed by atoms with Crippen LogP contribution >= 0.6 is 0 Å². The molecule has 4 saturated heterocycles. The van der Waals surface area contributed by atoms with Gasteiger partial charge in [-0.25, -0.2) is 0 Å². The fourth-order valence-electron chi connectivity index (χ4n) is 37.4. The Labute approximate surface area is 743 Å². The Morgan fingerprint density at radius 3 is 1.03 bits per heavy atom. The first-order valence-corrected chi connectivity index (χ1v) is 51.5. The van der Waals surface area contributed by atoms with Gasteiger partial charge in [0.2, 0.25) is 0 Å². The molecule has 690 valence electrons. The zero-order chi connectivity index (χ0) is 86.1. The van der Waals surface area contributed by atoms with Crippen LogP contribution in [0, 0.1) is 143 Å². The molecule has 20 aliphatic carbocycles. The molecule has 4 spiro atoms. The first-order valence-electron chi connectivity index (χ1n) is 51.5. The van der Waals surface area contributed by atoms with Crippen molar-refractivity contribution >= 4 is 17.3 Å². The number of carbonyl (C=O) groups is 3. The molecule has 0 aromatic carbocycles. The van der Waals surface area contributed by atoms with Crippen molar-refractivity contribution in [3.8, 4) is 0 Å². The Morgan fingerprint density at radius 2 is 0.645 bits per heavy atom. The van der Waals surface area contributed by atoms with Crippen LogP contribution in [-0.4, -0.2) is 166 Å². The second-order valence-corrected chi connectivity index (χ2v) is 47.2. The number of aliphatic hydroxyl groups is 4. The van der Waals surface area contributed by atoms with Gasteiger partial charge < -0.3 is 67.8 Å². The van der Waals surface area contributed by atoms with Crippen LogP contribution in [0.3, 0.4) is 0 Å². The van der Waals surface area contributed by atoms with Crippen molar-refractivity contribution in [3.63, 3.8) is 0 Å². The highest BCUT2D eigenvalue weighted by molar-refractivity contribution is 5.92. The van der Waals surface area contributed by atoms with Gasteiger partial charge in [0.25, 0.3) is 0 Å². The van der Waals surface area contributed by atoms with Gasteiger partial charge >= 0.3 is 0 Å². The molecular weight excluding hydrogens is 1560 g/mol. The number of Topliss-reactive ketones (excluding diaryl/α,β-unsaturated/α-hetero) is 2. The van der Waals surface area contributed by atoms with Gasteiger partial charge in [-0.2, -0.15) is 0 Å². The van der Waals surface area contributed by atoms with Crippen LogP contribution in [0.15, 0.2) is 58.2 Å². The molecule has 19 fully saturated rings. The summed E-state index contributed by atoms with van der Waals surface area (Å²) in [7, 11) is 3.84. The number of fused-ring (bicyclic) bond motifs is 25. The van der Waals surface area contributed by atoms with E-state index >= 15 is 0 Å². The zero-order valence-electron chi connectivity index (χ0n) is 77.9. The zero-order valence-corrected chi connectivity index (χ0v) is 77.9. The Bertz CT molecular complexity index is 4040. The summed E-state index contributed by atoms with van der Waals surface area (Å²) >= 11 is 0. The number of carbonyl (C=O) groups excluding carboxylic acids is 3. The number of rotatable bonds is 7. The van der Waals surface area contributed by atoms with Crippen molar-refractivity contribution in [1.82, 2.24) is 0 Å². The molecule has 24 rings (SSSR count). The largest absolute Gasteiger partial charge is 0.395 e. The first kappa shape index (κ1) is 89.0. The number of allylic oxidation sites excluding steroid dienone is 5. The smallest absolute Gasteiger partial charge is 0.172 e. The van der Waals surface area contributed by atoms with Gasteiger partial charge in [-0.3, -0.25) is 14.4 Å². The Hall–Kier alpha value is -2.85. The Morgan fingerprint density at radius 1 is 0.323 bits per heavy atom. The summed E-state index contributed by atoms with van der Waals surface area (Å²) in [5, 5.41) is 42.1. The van der Waals surface area contributed by atoms with Gasteiger partial charge in [0.05, 0.1) is 91.0 Å². The van der Waals surface area contributed by atoms with Crippen molar-refractivity contribution in [2.75, 3.05) is 86.9 Å². The quantitative estimate of drug-likeness (QED) is 0.174. The predicted molar refractivity (Wildman–Crippen MR) is 473 cm³/mol. The van der Waals surface area contributed by atoms with E-state index in [2.05, 4.69) is 72.8 Å². The third-order valence-corrected chi connectivity index (χ3v) is 44.2. The molecule has 0 amide bonds. The monoisotopic (exact) mass is 1720 g/mol. The van der Waals surface area contributed by atoms with Gasteiger partial charge in [-0.15, -0.1) is 0 Å². The van der Waals surface area contributed by atoms with Crippen LogP contribution < -0.4 is 0 Å². The summed E-state index contributed by atoms with van der Waals surface area (Å²) in [5.74, 6) is 9.82. The van der Waals surface area contributed by atoms with Crippen molar-refractivity contribution in [2.24, 2.45) is 143 Å². The maximum Gasteiger partial charge on any atom is 0.172 e. The minimum Gasteiger partial charge on any atom is -0.395 e. The number of methoxy groups -OCH3 is 2. The number of ether oxygens (including phenoxy) is 10.